The van der Waals surface area contributed by atoms with Crippen LogP contribution in [0.15, 0.2) is 0 Å². The topological polar surface area (TPSA) is 27.3 Å². The molecule has 0 atom stereocenters. The minimum absolute atomic E-state index is 0.282. The second-order valence-corrected chi connectivity index (χ2v) is 4.87. The van der Waals surface area contributed by atoms with E-state index >= 15 is 0 Å². The predicted octanol–water partition coefficient (Wildman–Crippen LogP) is -0.236. The van der Waals surface area contributed by atoms with E-state index in [4.69, 9.17) is 0 Å². The van der Waals surface area contributed by atoms with Gasteiger partial charge < -0.3 is 10.6 Å². The summed E-state index contributed by atoms with van der Waals surface area (Å²) in [4.78, 5) is 2.43. The van der Waals surface area contributed by atoms with E-state index in [1.54, 1.807) is 0 Å². The van der Waals surface area contributed by atoms with Crippen molar-refractivity contribution in [2.75, 3.05) is 32.2 Å². The van der Waals surface area contributed by atoms with Crippen molar-refractivity contribution in [2.24, 2.45) is 0 Å². The first kappa shape index (κ1) is 6.05. The van der Waals surface area contributed by atoms with Crippen LogP contribution in [0.3, 0.4) is 0 Å². The standard InChI is InChI=1S/C5H12N3P/c1-6-3-9-4-7-2-8(1)5-9/h6-7H,1-5H2. The number of fused-ring (bicyclic) bond motifs is 2. The Balaban J connectivity index is 1.96. The van der Waals surface area contributed by atoms with Gasteiger partial charge >= 0.3 is 0 Å². The molecule has 0 saturated carbocycles. The Bertz CT molecular complexity index is 88.4. The van der Waals surface area contributed by atoms with Crippen molar-refractivity contribution in [2.45, 2.75) is 0 Å². The summed E-state index contributed by atoms with van der Waals surface area (Å²) < 4.78 is 0. The van der Waals surface area contributed by atoms with E-state index in [9.17, 15) is 0 Å². The van der Waals surface area contributed by atoms with Gasteiger partial charge in [0.05, 0.1) is 0 Å². The van der Waals surface area contributed by atoms with E-state index in [1.807, 2.05) is 0 Å². The lowest BCUT2D eigenvalue weighted by atomic mass is 10.7. The van der Waals surface area contributed by atoms with Crippen LogP contribution in [0.5, 0.6) is 0 Å². The summed E-state index contributed by atoms with van der Waals surface area (Å²) in [7, 11) is 0.282. The Morgan fingerprint density at radius 2 is 1.78 bits per heavy atom. The van der Waals surface area contributed by atoms with Crippen molar-refractivity contribution >= 4 is 7.92 Å². The number of hydrogen-bond acceptors (Lipinski definition) is 3. The van der Waals surface area contributed by atoms with Crippen LogP contribution in [0.1, 0.15) is 0 Å². The lowest BCUT2D eigenvalue weighted by Gasteiger charge is -2.38. The fraction of sp³-hybridized carbons (Fsp3) is 1.00. The van der Waals surface area contributed by atoms with Crippen LogP contribution in [-0.4, -0.2) is 37.1 Å². The largest absolute Gasteiger partial charge is 0.300 e. The van der Waals surface area contributed by atoms with Gasteiger partial charge in [-0.05, 0) is 0 Å². The fourth-order valence-corrected chi connectivity index (χ4v) is 3.24. The molecule has 0 unspecified atom stereocenters. The normalized spacial score (nSPS) is 42.7. The third kappa shape index (κ3) is 1.24. The highest BCUT2D eigenvalue weighted by molar-refractivity contribution is 7.57. The van der Waals surface area contributed by atoms with Gasteiger partial charge in [0.2, 0.25) is 0 Å². The van der Waals surface area contributed by atoms with Crippen LogP contribution in [0.2, 0.25) is 0 Å². The smallest absolute Gasteiger partial charge is 0.0498 e. The third-order valence-electron chi connectivity index (χ3n) is 1.74. The van der Waals surface area contributed by atoms with Crippen molar-refractivity contribution in [1.82, 2.24) is 15.5 Å². The van der Waals surface area contributed by atoms with Gasteiger partial charge in [-0.25, -0.2) is 0 Å². The molecule has 2 heterocycles. The molecule has 52 valence electrons. The molecule has 2 N–H and O–H groups in total. The van der Waals surface area contributed by atoms with Crippen LogP contribution in [0, 0.1) is 0 Å². The first-order chi connectivity index (χ1) is 4.45. The highest BCUT2D eigenvalue weighted by Gasteiger charge is 2.21. The van der Waals surface area contributed by atoms with E-state index in [0.29, 0.717) is 0 Å². The Labute approximate surface area is 56.5 Å². The van der Waals surface area contributed by atoms with Gasteiger partial charge in [0.25, 0.3) is 0 Å². The van der Waals surface area contributed by atoms with Gasteiger partial charge in [0.1, 0.15) is 0 Å². The Kier molecular flexibility index (Phi) is 1.68. The highest BCUT2D eigenvalue weighted by Crippen LogP contribution is 2.37. The molecule has 0 aromatic rings. The van der Waals surface area contributed by atoms with Gasteiger partial charge in [-0.1, -0.05) is 7.92 Å². The monoisotopic (exact) mass is 145 g/mol. The molecule has 0 aromatic carbocycles. The molecule has 2 aliphatic rings. The average molecular weight is 145 g/mol. The van der Waals surface area contributed by atoms with Gasteiger partial charge in [-0.2, -0.15) is 0 Å². The van der Waals surface area contributed by atoms with Crippen LogP contribution in [-0.2, 0) is 0 Å². The molecular weight excluding hydrogens is 133 g/mol. The summed E-state index contributed by atoms with van der Waals surface area (Å²) in [5.74, 6) is 0. The summed E-state index contributed by atoms with van der Waals surface area (Å²) in [6, 6.07) is 0. The molecule has 9 heavy (non-hydrogen) atoms. The van der Waals surface area contributed by atoms with E-state index < -0.39 is 0 Å². The van der Waals surface area contributed by atoms with Crippen LogP contribution >= 0.6 is 7.92 Å². The minimum atomic E-state index is 0.282. The second kappa shape index (κ2) is 2.51. The Morgan fingerprint density at radius 3 is 2.22 bits per heavy atom. The summed E-state index contributed by atoms with van der Waals surface area (Å²) in [6.45, 7) is 2.18. The minimum Gasteiger partial charge on any atom is -0.300 e. The van der Waals surface area contributed by atoms with Crippen molar-refractivity contribution in [3.05, 3.63) is 0 Å². The van der Waals surface area contributed by atoms with Crippen molar-refractivity contribution in [3.63, 3.8) is 0 Å². The van der Waals surface area contributed by atoms with E-state index in [0.717, 1.165) is 13.3 Å². The lowest BCUT2D eigenvalue weighted by molar-refractivity contribution is 0.258. The number of nitrogens with zero attached hydrogens (tertiary/aromatic N) is 1. The molecule has 2 fully saturated rings. The molecule has 0 aromatic heterocycles. The molecule has 0 radical (unpaired) electrons. The zero-order chi connectivity index (χ0) is 6.10. The van der Waals surface area contributed by atoms with Crippen LogP contribution in [0.25, 0.3) is 0 Å². The first-order valence-electron chi connectivity index (χ1n) is 3.31. The number of hydrogen-bond donors (Lipinski definition) is 2. The maximum Gasteiger partial charge on any atom is 0.0498 e. The SMILES string of the molecule is C1NCP2CNCN1C2. The molecule has 4 heteroatoms. The highest BCUT2D eigenvalue weighted by atomic mass is 31.1. The molecule has 0 amide bonds. The summed E-state index contributed by atoms with van der Waals surface area (Å²) in [6.07, 6.45) is 3.88. The predicted molar refractivity (Wildman–Crippen MR) is 39.4 cm³/mol. The van der Waals surface area contributed by atoms with E-state index in [1.165, 1.54) is 18.9 Å². The summed E-state index contributed by atoms with van der Waals surface area (Å²) in [5, 5.41) is 6.80. The molecule has 2 bridgehead atoms. The zero-order valence-corrected chi connectivity index (χ0v) is 6.32. The quantitative estimate of drug-likeness (QED) is 0.461. The number of nitrogens with one attached hydrogen (secondary N) is 2. The maximum atomic E-state index is 3.40. The van der Waals surface area contributed by atoms with Crippen molar-refractivity contribution in [3.8, 4) is 0 Å². The van der Waals surface area contributed by atoms with E-state index in [-0.39, 0.29) is 7.92 Å². The molecule has 2 aliphatic heterocycles. The molecule has 2 rings (SSSR count). The van der Waals surface area contributed by atoms with Gasteiger partial charge in [-0.3, -0.25) is 4.90 Å². The molecule has 0 spiro atoms. The third-order valence-corrected chi connectivity index (χ3v) is 3.88. The van der Waals surface area contributed by atoms with E-state index in [2.05, 4.69) is 15.5 Å². The Morgan fingerprint density at radius 1 is 1.11 bits per heavy atom. The molecule has 2 saturated heterocycles. The van der Waals surface area contributed by atoms with Crippen molar-refractivity contribution < 1.29 is 0 Å². The zero-order valence-electron chi connectivity index (χ0n) is 5.43. The summed E-state index contributed by atoms with van der Waals surface area (Å²) >= 11 is 0. The van der Waals surface area contributed by atoms with Gasteiger partial charge in [0.15, 0.2) is 0 Å². The second-order valence-electron chi connectivity index (χ2n) is 2.62. The fourth-order valence-electron chi connectivity index (χ4n) is 1.33. The maximum absolute atomic E-state index is 3.40. The average Bonchev–Trinajstić information content (AvgIpc) is 1.88. The molecular formula is C5H12N3P. The molecule has 3 nitrogen and oxygen atoms in total. The summed E-state index contributed by atoms with van der Waals surface area (Å²) in [5.41, 5.74) is 0. The van der Waals surface area contributed by atoms with Crippen molar-refractivity contribution in [1.29, 1.82) is 0 Å². The van der Waals surface area contributed by atoms with Gasteiger partial charge in [0, 0.05) is 32.2 Å². The lowest BCUT2D eigenvalue weighted by Crippen LogP contribution is -2.49. The Hall–Kier alpha value is 0.310. The van der Waals surface area contributed by atoms with Crippen LogP contribution < -0.4 is 10.6 Å². The van der Waals surface area contributed by atoms with Crippen LogP contribution in [0.4, 0.5) is 0 Å². The number of rotatable bonds is 0. The molecule has 0 aliphatic carbocycles. The first-order valence-corrected chi connectivity index (χ1v) is 5.21. The van der Waals surface area contributed by atoms with Gasteiger partial charge in [-0.15, -0.1) is 0 Å².